The average molecular weight is 665 g/mol. The van der Waals surface area contributed by atoms with E-state index < -0.39 is 0 Å². The number of hydrogen-bond donors (Lipinski definition) is 0. The minimum Gasteiger partial charge on any atom is -0.454 e. The van der Waals surface area contributed by atoms with Crippen molar-refractivity contribution in [3.05, 3.63) is 170 Å². The van der Waals surface area contributed by atoms with Gasteiger partial charge in [0.15, 0.2) is 23.1 Å². The lowest BCUT2D eigenvalue weighted by atomic mass is 10.0. The van der Waals surface area contributed by atoms with Crippen LogP contribution in [0.4, 0.5) is 0 Å². The zero-order chi connectivity index (χ0) is 34.2. The van der Waals surface area contributed by atoms with Crippen LogP contribution < -0.4 is 0 Å². The Morgan fingerprint density at radius 1 is 0.385 bits per heavy atom. The molecule has 5 heteroatoms. The van der Waals surface area contributed by atoms with Crippen molar-refractivity contribution < 1.29 is 4.42 Å². The SMILES string of the molecule is c1ccc(-c2nc(-c3ccccc3)nc(-c3ccc(-n4c5c6ccccc6ccc5c5ccc6ccccc6c54)c4oc5ccccc5c34)n2)cc1. The predicted octanol–water partition coefficient (Wildman–Crippen LogP) is 12.2. The summed E-state index contributed by atoms with van der Waals surface area (Å²) < 4.78 is 9.35. The highest BCUT2D eigenvalue weighted by Crippen LogP contribution is 2.45. The molecule has 0 spiro atoms. The van der Waals surface area contributed by atoms with Gasteiger partial charge < -0.3 is 8.98 Å². The normalized spacial score (nSPS) is 11.8. The van der Waals surface area contributed by atoms with Gasteiger partial charge in [-0.2, -0.15) is 0 Å². The molecule has 52 heavy (non-hydrogen) atoms. The molecule has 0 atom stereocenters. The average Bonchev–Trinajstić information content (AvgIpc) is 3.78. The Balaban J connectivity index is 1.28. The van der Waals surface area contributed by atoms with Gasteiger partial charge in [-0.1, -0.05) is 152 Å². The van der Waals surface area contributed by atoms with Gasteiger partial charge in [-0.15, -0.1) is 0 Å². The molecule has 0 amide bonds. The molecule has 11 aromatic rings. The summed E-state index contributed by atoms with van der Waals surface area (Å²) in [5.74, 6) is 1.83. The minimum absolute atomic E-state index is 0.592. The van der Waals surface area contributed by atoms with E-state index in [1.54, 1.807) is 0 Å². The zero-order valence-electron chi connectivity index (χ0n) is 27.9. The van der Waals surface area contributed by atoms with E-state index in [9.17, 15) is 0 Å². The summed E-state index contributed by atoms with van der Waals surface area (Å²) >= 11 is 0. The van der Waals surface area contributed by atoms with Gasteiger partial charge in [0.1, 0.15) is 5.58 Å². The maximum Gasteiger partial charge on any atom is 0.164 e. The standard InChI is InChI=1S/C47H28N4O/c1-3-15-31(16-4-1)45-48-46(32-17-5-2-6-18-32)50-47(49-45)38-27-28-39(44-41(38)37-21-11-12-22-40(37)52-44)51-42-33-19-9-7-13-29(33)23-25-35(42)36-26-24-30-14-8-10-20-34(30)43(36)51/h1-28H. The molecule has 0 unspecified atom stereocenters. The molecule has 11 rings (SSSR count). The summed E-state index contributed by atoms with van der Waals surface area (Å²) in [5, 5.41) is 9.12. The Bertz CT molecular complexity index is 3030. The maximum atomic E-state index is 6.93. The Kier molecular flexibility index (Phi) is 6.18. The number of para-hydroxylation sites is 1. The van der Waals surface area contributed by atoms with E-state index in [1.165, 1.54) is 32.3 Å². The van der Waals surface area contributed by atoms with Crippen LogP contribution >= 0.6 is 0 Å². The van der Waals surface area contributed by atoms with Crippen LogP contribution in [0, 0.1) is 0 Å². The van der Waals surface area contributed by atoms with Gasteiger partial charge in [-0.05, 0) is 29.0 Å². The van der Waals surface area contributed by atoms with Crippen molar-refractivity contribution >= 4 is 65.3 Å². The van der Waals surface area contributed by atoms with Crippen molar-refractivity contribution in [2.75, 3.05) is 0 Å². The van der Waals surface area contributed by atoms with E-state index >= 15 is 0 Å². The summed E-state index contributed by atoms with van der Waals surface area (Å²) in [5.41, 5.74) is 7.59. The van der Waals surface area contributed by atoms with Crippen molar-refractivity contribution in [3.63, 3.8) is 0 Å². The van der Waals surface area contributed by atoms with E-state index in [4.69, 9.17) is 19.4 Å². The highest BCUT2D eigenvalue weighted by atomic mass is 16.3. The largest absolute Gasteiger partial charge is 0.454 e. The van der Waals surface area contributed by atoms with Crippen molar-refractivity contribution in [3.8, 4) is 39.9 Å². The first kappa shape index (κ1) is 28.7. The van der Waals surface area contributed by atoms with Crippen molar-refractivity contribution in [1.82, 2.24) is 19.5 Å². The molecule has 0 fully saturated rings. The highest BCUT2D eigenvalue weighted by Gasteiger charge is 2.24. The van der Waals surface area contributed by atoms with E-state index in [-0.39, 0.29) is 0 Å². The Hall–Kier alpha value is -7.11. The third kappa shape index (κ3) is 4.26. The number of rotatable bonds is 4. The Labute approximate surface area is 298 Å². The topological polar surface area (TPSA) is 56.7 Å². The molecule has 3 aromatic heterocycles. The molecule has 0 aliphatic rings. The Morgan fingerprint density at radius 2 is 0.885 bits per heavy atom. The van der Waals surface area contributed by atoms with Gasteiger partial charge >= 0.3 is 0 Å². The van der Waals surface area contributed by atoms with Crippen LogP contribution in [0.5, 0.6) is 0 Å². The summed E-state index contributed by atoms with van der Waals surface area (Å²) in [6, 6.07) is 59.0. The second-order valence-corrected chi connectivity index (χ2v) is 13.2. The molecule has 0 saturated carbocycles. The smallest absolute Gasteiger partial charge is 0.164 e. The molecule has 0 radical (unpaired) electrons. The molecule has 0 aliphatic heterocycles. The summed E-state index contributed by atoms with van der Waals surface area (Å²) in [6.07, 6.45) is 0. The van der Waals surface area contributed by atoms with Gasteiger partial charge in [-0.3, -0.25) is 0 Å². The van der Waals surface area contributed by atoms with Crippen LogP contribution in [0.15, 0.2) is 174 Å². The first-order chi connectivity index (χ1) is 25.8. The van der Waals surface area contributed by atoms with Gasteiger partial charge in [0, 0.05) is 49.0 Å². The van der Waals surface area contributed by atoms with Crippen molar-refractivity contribution in [2.24, 2.45) is 0 Å². The third-order valence-electron chi connectivity index (χ3n) is 10.2. The number of benzene rings is 8. The molecule has 0 saturated heterocycles. The number of aromatic nitrogens is 4. The number of furan rings is 1. The molecule has 242 valence electrons. The maximum absolute atomic E-state index is 6.93. The lowest BCUT2D eigenvalue weighted by Crippen LogP contribution is -2.01. The highest BCUT2D eigenvalue weighted by molar-refractivity contribution is 6.25. The van der Waals surface area contributed by atoms with E-state index in [2.05, 4.69) is 102 Å². The van der Waals surface area contributed by atoms with Gasteiger partial charge in [0.2, 0.25) is 0 Å². The van der Waals surface area contributed by atoms with Crippen LogP contribution in [-0.2, 0) is 0 Å². The summed E-state index contributed by atoms with van der Waals surface area (Å²) in [6.45, 7) is 0. The second kappa shape index (κ2) is 11.2. The first-order valence-corrected chi connectivity index (χ1v) is 17.5. The molecule has 0 aliphatic carbocycles. The Morgan fingerprint density at radius 3 is 1.48 bits per heavy atom. The van der Waals surface area contributed by atoms with Crippen molar-refractivity contribution in [2.45, 2.75) is 0 Å². The fourth-order valence-corrected chi connectivity index (χ4v) is 7.89. The molecule has 8 aromatic carbocycles. The van der Waals surface area contributed by atoms with Crippen LogP contribution in [0.25, 0.3) is 105 Å². The molecule has 0 bridgehead atoms. The molecule has 0 N–H and O–H groups in total. The quantitative estimate of drug-likeness (QED) is 0.188. The van der Waals surface area contributed by atoms with Crippen LogP contribution in [0.1, 0.15) is 0 Å². The molecule has 3 heterocycles. The zero-order valence-corrected chi connectivity index (χ0v) is 27.9. The molecular formula is C47H28N4O. The number of fused-ring (bicyclic) bond motifs is 10. The van der Waals surface area contributed by atoms with E-state index in [0.717, 1.165) is 55.3 Å². The van der Waals surface area contributed by atoms with E-state index in [1.807, 2.05) is 72.8 Å². The third-order valence-corrected chi connectivity index (χ3v) is 10.2. The number of hydrogen-bond acceptors (Lipinski definition) is 4. The fraction of sp³-hybridized carbons (Fsp3) is 0. The van der Waals surface area contributed by atoms with Crippen LogP contribution in [-0.4, -0.2) is 19.5 Å². The minimum atomic E-state index is 0.592. The predicted molar refractivity (Wildman–Crippen MR) is 213 cm³/mol. The lowest BCUT2D eigenvalue weighted by molar-refractivity contribution is 0.666. The van der Waals surface area contributed by atoms with Gasteiger partial charge in [0.05, 0.1) is 16.7 Å². The summed E-state index contributed by atoms with van der Waals surface area (Å²) in [4.78, 5) is 15.2. The van der Waals surface area contributed by atoms with Gasteiger partial charge in [0.25, 0.3) is 0 Å². The molecule has 5 nitrogen and oxygen atoms in total. The lowest BCUT2D eigenvalue weighted by Gasteiger charge is -2.14. The summed E-state index contributed by atoms with van der Waals surface area (Å²) in [7, 11) is 0. The van der Waals surface area contributed by atoms with Crippen LogP contribution in [0.2, 0.25) is 0 Å². The fourth-order valence-electron chi connectivity index (χ4n) is 7.89. The van der Waals surface area contributed by atoms with Crippen molar-refractivity contribution in [1.29, 1.82) is 0 Å². The monoisotopic (exact) mass is 664 g/mol. The second-order valence-electron chi connectivity index (χ2n) is 13.2. The van der Waals surface area contributed by atoms with E-state index in [0.29, 0.717) is 17.5 Å². The van der Waals surface area contributed by atoms with Gasteiger partial charge in [-0.25, -0.2) is 15.0 Å². The molecular weight excluding hydrogens is 637 g/mol. The van der Waals surface area contributed by atoms with Crippen LogP contribution in [0.3, 0.4) is 0 Å². The number of nitrogens with zero attached hydrogens (tertiary/aromatic N) is 4. The first-order valence-electron chi connectivity index (χ1n) is 17.5.